The molecular weight excluding hydrogens is 288 g/mol. The molecule has 21 heavy (non-hydrogen) atoms. The van der Waals surface area contributed by atoms with Crippen molar-refractivity contribution >= 4 is 10.0 Å². The minimum absolute atomic E-state index is 0.342. The molecule has 1 fully saturated rings. The Labute approximate surface area is 127 Å². The molecule has 1 aliphatic carbocycles. The first-order chi connectivity index (χ1) is 9.87. The van der Waals surface area contributed by atoms with E-state index >= 15 is 0 Å². The van der Waals surface area contributed by atoms with Gasteiger partial charge < -0.3 is 9.73 Å². The van der Waals surface area contributed by atoms with E-state index in [1.54, 1.807) is 21.0 Å². The Morgan fingerprint density at radius 3 is 2.43 bits per heavy atom. The van der Waals surface area contributed by atoms with Crippen LogP contribution >= 0.6 is 0 Å². The van der Waals surface area contributed by atoms with Crippen molar-refractivity contribution in [1.29, 1.82) is 0 Å². The van der Waals surface area contributed by atoms with Gasteiger partial charge in [0, 0.05) is 25.7 Å². The Morgan fingerprint density at radius 2 is 1.86 bits per heavy atom. The third-order valence-corrected chi connectivity index (χ3v) is 6.36. The van der Waals surface area contributed by atoms with Crippen molar-refractivity contribution in [3.8, 4) is 0 Å². The summed E-state index contributed by atoms with van der Waals surface area (Å²) in [5, 5.41) is 3.02. The van der Waals surface area contributed by atoms with E-state index in [0.717, 1.165) is 18.4 Å². The van der Waals surface area contributed by atoms with Crippen LogP contribution in [0.15, 0.2) is 9.31 Å². The zero-order valence-electron chi connectivity index (χ0n) is 13.4. The summed E-state index contributed by atoms with van der Waals surface area (Å²) in [6.07, 6.45) is 4.69. The van der Waals surface area contributed by atoms with Crippen molar-refractivity contribution < 1.29 is 12.8 Å². The average molecular weight is 314 g/mol. The Balaban J connectivity index is 2.29. The number of nitrogens with one attached hydrogen (secondary N) is 1. The van der Waals surface area contributed by atoms with Crippen LogP contribution in [0.4, 0.5) is 0 Å². The van der Waals surface area contributed by atoms with Gasteiger partial charge in [-0.1, -0.05) is 12.8 Å². The number of hydrogen-bond acceptors (Lipinski definition) is 4. The summed E-state index contributed by atoms with van der Waals surface area (Å²) < 4.78 is 32.8. The molecule has 1 heterocycles. The molecule has 120 valence electrons. The summed E-state index contributed by atoms with van der Waals surface area (Å²) >= 11 is 0. The predicted molar refractivity (Wildman–Crippen MR) is 82.7 cm³/mol. The van der Waals surface area contributed by atoms with E-state index in [-0.39, 0.29) is 0 Å². The molecule has 1 N–H and O–H groups in total. The van der Waals surface area contributed by atoms with E-state index in [4.69, 9.17) is 4.42 Å². The molecule has 1 aliphatic rings. The van der Waals surface area contributed by atoms with Crippen LogP contribution in [0.1, 0.15) is 42.8 Å². The highest BCUT2D eigenvalue weighted by molar-refractivity contribution is 7.89. The smallest absolute Gasteiger partial charge is 0.246 e. The van der Waals surface area contributed by atoms with Gasteiger partial charge in [0.25, 0.3) is 0 Å². The maximum absolute atomic E-state index is 12.9. The van der Waals surface area contributed by atoms with Crippen LogP contribution in [0, 0.1) is 19.8 Å². The normalized spacial score (nSPS) is 17.0. The fraction of sp³-hybridized carbons (Fsp3) is 0.733. The molecule has 0 spiro atoms. The average Bonchev–Trinajstić information content (AvgIpc) is 2.99. The molecule has 1 aromatic rings. The van der Waals surface area contributed by atoms with Crippen molar-refractivity contribution in [1.82, 2.24) is 9.62 Å². The highest BCUT2D eigenvalue weighted by Gasteiger charge is 2.31. The molecule has 0 saturated heterocycles. The molecule has 6 heteroatoms. The molecule has 0 bridgehead atoms. The second-order valence-corrected chi connectivity index (χ2v) is 7.97. The molecule has 0 unspecified atom stereocenters. The van der Waals surface area contributed by atoms with Crippen molar-refractivity contribution in [2.45, 2.75) is 51.0 Å². The van der Waals surface area contributed by atoms with Gasteiger partial charge in [0.2, 0.25) is 10.0 Å². The van der Waals surface area contributed by atoms with E-state index in [1.165, 1.54) is 17.1 Å². The predicted octanol–water partition coefficient (Wildman–Crippen LogP) is 2.43. The van der Waals surface area contributed by atoms with Gasteiger partial charge >= 0.3 is 0 Å². The molecule has 2 rings (SSSR count). The van der Waals surface area contributed by atoms with Crippen molar-refractivity contribution in [3.63, 3.8) is 0 Å². The van der Waals surface area contributed by atoms with Gasteiger partial charge in [-0.3, -0.25) is 0 Å². The maximum Gasteiger partial charge on any atom is 0.246 e. The maximum atomic E-state index is 12.9. The van der Waals surface area contributed by atoms with Crippen molar-refractivity contribution in [2.24, 2.45) is 5.92 Å². The third-order valence-electron chi connectivity index (χ3n) is 4.34. The minimum Gasteiger partial charge on any atom is -0.465 e. The number of sulfonamides is 1. The largest absolute Gasteiger partial charge is 0.465 e. The van der Waals surface area contributed by atoms with Crippen LogP contribution in [0.25, 0.3) is 0 Å². The lowest BCUT2D eigenvalue weighted by Gasteiger charge is -2.21. The van der Waals surface area contributed by atoms with Gasteiger partial charge in [0.15, 0.2) is 0 Å². The zero-order valence-corrected chi connectivity index (χ0v) is 14.2. The second-order valence-electron chi connectivity index (χ2n) is 5.99. The highest BCUT2D eigenvalue weighted by atomic mass is 32.2. The van der Waals surface area contributed by atoms with Crippen LogP contribution < -0.4 is 5.32 Å². The van der Waals surface area contributed by atoms with E-state index in [1.807, 2.05) is 6.92 Å². The number of furan rings is 1. The van der Waals surface area contributed by atoms with Crippen LogP contribution in [-0.4, -0.2) is 33.4 Å². The summed E-state index contributed by atoms with van der Waals surface area (Å²) in [5.41, 5.74) is 0.744. The molecule has 1 aromatic heterocycles. The molecule has 0 amide bonds. The minimum atomic E-state index is -3.49. The van der Waals surface area contributed by atoms with Gasteiger partial charge in [-0.25, -0.2) is 12.7 Å². The molecule has 0 radical (unpaired) electrons. The van der Waals surface area contributed by atoms with Gasteiger partial charge in [-0.2, -0.15) is 0 Å². The number of hydrogen-bond donors (Lipinski definition) is 1. The fourth-order valence-corrected chi connectivity index (χ4v) is 4.89. The molecule has 0 aromatic carbocycles. The number of aryl methyl sites for hydroxylation is 2. The van der Waals surface area contributed by atoms with Crippen LogP contribution in [0.2, 0.25) is 0 Å². The molecule has 0 atom stereocenters. The summed E-state index contributed by atoms with van der Waals surface area (Å²) in [7, 11) is -0.00445. The Bertz CT molecular complexity index is 586. The lowest BCUT2D eigenvalue weighted by molar-refractivity contribution is 0.386. The van der Waals surface area contributed by atoms with Crippen LogP contribution in [0.5, 0.6) is 0 Å². The molecule has 0 aliphatic heterocycles. The quantitative estimate of drug-likeness (QED) is 0.876. The third kappa shape index (κ3) is 3.33. The molecule has 5 nitrogen and oxygen atoms in total. The first-order valence-electron chi connectivity index (χ1n) is 7.57. The SMILES string of the molecule is CNCc1c(C)oc(C)c1S(=O)(=O)N(C)CC1CCCC1. The van der Waals surface area contributed by atoms with E-state index in [2.05, 4.69) is 5.32 Å². The summed E-state index contributed by atoms with van der Waals surface area (Å²) in [6.45, 7) is 4.64. The lowest BCUT2D eigenvalue weighted by atomic mass is 10.1. The lowest BCUT2D eigenvalue weighted by Crippen LogP contribution is -2.32. The van der Waals surface area contributed by atoms with Gasteiger partial charge in [-0.05, 0) is 39.7 Å². The van der Waals surface area contributed by atoms with E-state index < -0.39 is 10.0 Å². The van der Waals surface area contributed by atoms with Gasteiger partial charge in [-0.15, -0.1) is 0 Å². The Kier molecular flexibility index (Phi) is 5.11. The summed E-state index contributed by atoms with van der Waals surface area (Å²) in [5.74, 6) is 1.65. The van der Waals surface area contributed by atoms with Crippen molar-refractivity contribution in [3.05, 3.63) is 17.1 Å². The number of nitrogens with zero attached hydrogens (tertiary/aromatic N) is 1. The van der Waals surface area contributed by atoms with E-state index in [9.17, 15) is 8.42 Å². The first-order valence-corrected chi connectivity index (χ1v) is 9.01. The summed E-state index contributed by atoms with van der Waals surface area (Å²) in [6, 6.07) is 0. The topological polar surface area (TPSA) is 62.6 Å². The standard InChI is InChI=1S/C15H26N2O3S/c1-11-14(9-16-3)15(12(2)20-11)21(18,19)17(4)10-13-7-5-6-8-13/h13,16H,5-10H2,1-4H3. The Hall–Kier alpha value is -0.850. The van der Waals surface area contributed by atoms with E-state index in [0.29, 0.717) is 35.4 Å². The summed E-state index contributed by atoms with van der Waals surface area (Å²) in [4.78, 5) is 0.342. The first kappa shape index (κ1) is 16.5. The number of rotatable bonds is 6. The monoisotopic (exact) mass is 314 g/mol. The van der Waals surface area contributed by atoms with Crippen LogP contribution in [0.3, 0.4) is 0 Å². The molecule has 1 saturated carbocycles. The van der Waals surface area contributed by atoms with Crippen LogP contribution in [-0.2, 0) is 16.6 Å². The van der Waals surface area contributed by atoms with Gasteiger partial charge in [0.05, 0.1) is 0 Å². The fourth-order valence-electron chi connectivity index (χ4n) is 3.24. The Morgan fingerprint density at radius 1 is 1.24 bits per heavy atom. The van der Waals surface area contributed by atoms with Crippen molar-refractivity contribution in [2.75, 3.05) is 20.6 Å². The molecular formula is C15H26N2O3S. The highest BCUT2D eigenvalue weighted by Crippen LogP contribution is 2.31. The zero-order chi connectivity index (χ0) is 15.6. The van der Waals surface area contributed by atoms with Gasteiger partial charge in [0.1, 0.15) is 16.4 Å². The second kappa shape index (κ2) is 6.50.